The molecule has 3 aromatic rings. The Hall–Kier alpha value is -2.18. The van der Waals surface area contributed by atoms with Gasteiger partial charge in [-0.1, -0.05) is 29.3 Å². The average Bonchev–Trinajstić information content (AvgIpc) is 3.26. The van der Waals surface area contributed by atoms with Crippen LogP contribution in [0.3, 0.4) is 0 Å². The number of aldehydes is 1. The Balaban J connectivity index is 1.90. The number of hydrogen-bond acceptors (Lipinski definition) is 2. The van der Waals surface area contributed by atoms with Crippen LogP contribution in [0, 0.1) is 5.92 Å². The molecule has 0 fully saturated rings. The van der Waals surface area contributed by atoms with Crippen LogP contribution >= 0.6 is 23.2 Å². The van der Waals surface area contributed by atoms with Crippen molar-refractivity contribution in [1.82, 2.24) is 4.57 Å². The number of furan rings is 1. The summed E-state index contributed by atoms with van der Waals surface area (Å²) in [5.74, 6) is -1.04. The lowest BCUT2D eigenvalue weighted by Crippen LogP contribution is -2.29. The predicted octanol–water partition coefficient (Wildman–Crippen LogP) is 6.52. The Morgan fingerprint density at radius 3 is 2.54 bits per heavy atom. The maximum absolute atomic E-state index is 13.3. The van der Waals surface area contributed by atoms with E-state index in [-0.39, 0.29) is 24.5 Å². The van der Waals surface area contributed by atoms with E-state index in [0.29, 0.717) is 39.7 Å². The minimum Gasteiger partial charge on any atom is -0.437 e. The van der Waals surface area contributed by atoms with Crippen molar-refractivity contribution in [3.63, 3.8) is 0 Å². The van der Waals surface area contributed by atoms with Gasteiger partial charge in [0, 0.05) is 17.3 Å². The second kappa shape index (κ2) is 7.01. The summed E-state index contributed by atoms with van der Waals surface area (Å²) in [6.45, 7) is 0. The van der Waals surface area contributed by atoms with Gasteiger partial charge in [0.1, 0.15) is 0 Å². The van der Waals surface area contributed by atoms with Gasteiger partial charge in [-0.15, -0.1) is 0 Å². The number of rotatable bonds is 3. The highest BCUT2D eigenvalue weighted by Crippen LogP contribution is 2.41. The molecule has 146 valence electrons. The SMILES string of the molecule is O=Cc1ccc(-n2c(-c3ccc(Cl)c(Cl)c3)cc3c2CC(C(F)(F)F)CC3)o1. The Morgan fingerprint density at radius 1 is 1.11 bits per heavy atom. The first-order chi connectivity index (χ1) is 13.3. The van der Waals surface area contributed by atoms with Crippen LogP contribution in [0.2, 0.25) is 10.0 Å². The van der Waals surface area contributed by atoms with Gasteiger partial charge < -0.3 is 4.42 Å². The van der Waals surface area contributed by atoms with Gasteiger partial charge in [0.2, 0.25) is 5.88 Å². The van der Waals surface area contributed by atoms with Crippen LogP contribution in [-0.2, 0) is 12.8 Å². The fourth-order valence-corrected chi connectivity index (χ4v) is 3.93. The van der Waals surface area contributed by atoms with E-state index in [1.54, 1.807) is 28.8 Å². The molecule has 0 amide bonds. The zero-order valence-electron chi connectivity index (χ0n) is 14.4. The van der Waals surface area contributed by atoms with E-state index < -0.39 is 12.1 Å². The van der Waals surface area contributed by atoms with Crippen molar-refractivity contribution in [2.24, 2.45) is 5.92 Å². The molecule has 0 N–H and O–H groups in total. The fourth-order valence-electron chi connectivity index (χ4n) is 3.63. The van der Waals surface area contributed by atoms with Gasteiger partial charge in [0.15, 0.2) is 12.0 Å². The van der Waals surface area contributed by atoms with Crippen molar-refractivity contribution in [2.75, 3.05) is 0 Å². The summed E-state index contributed by atoms with van der Waals surface area (Å²) in [6, 6.07) is 9.94. The number of halogens is 5. The molecule has 28 heavy (non-hydrogen) atoms. The minimum atomic E-state index is -4.27. The molecule has 1 aromatic carbocycles. The van der Waals surface area contributed by atoms with E-state index in [1.807, 2.05) is 6.07 Å². The Labute approximate surface area is 168 Å². The summed E-state index contributed by atoms with van der Waals surface area (Å²) >= 11 is 12.1. The highest BCUT2D eigenvalue weighted by molar-refractivity contribution is 6.42. The van der Waals surface area contributed by atoms with E-state index in [9.17, 15) is 18.0 Å². The van der Waals surface area contributed by atoms with Gasteiger partial charge in [-0.2, -0.15) is 13.2 Å². The molecule has 3 nitrogen and oxygen atoms in total. The Morgan fingerprint density at radius 2 is 1.89 bits per heavy atom. The van der Waals surface area contributed by atoms with Crippen molar-refractivity contribution in [1.29, 1.82) is 0 Å². The summed E-state index contributed by atoms with van der Waals surface area (Å²) < 4.78 is 47.2. The lowest BCUT2D eigenvalue weighted by atomic mass is 9.87. The van der Waals surface area contributed by atoms with Gasteiger partial charge in [0.25, 0.3) is 0 Å². The van der Waals surface area contributed by atoms with E-state index in [1.165, 1.54) is 6.07 Å². The summed E-state index contributed by atoms with van der Waals surface area (Å²) in [5.41, 5.74) is 2.68. The van der Waals surface area contributed by atoms with Crippen molar-refractivity contribution in [2.45, 2.75) is 25.4 Å². The lowest BCUT2D eigenvalue weighted by molar-refractivity contribution is -0.177. The number of hydrogen-bond donors (Lipinski definition) is 0. The van der Waals surface area contributed by atoms with Crippen LogP contribution in [0.25, 0.3) is 17.1 Å². The molecule has 4 rings (SSSR count). The highest BCUT2D eigenvalue weighted by Gasteiger charge is 2.42. The molecule has 0 spiro atoms. The molecule has 0 aliphatic heterocycles. The first kappa shape index (κ1) is 19.2. The number of aryl methyl sites for hydroxylation is 1. The first-order valence-corrected chi connectivity index (χ1v) is 9.34. The number of fused-ring (bicyclic) bond motifs is 1. The molecular weight excluding hydrogens is 414 g/mol. The highest BCUT2D eigenvalue weighted by atomic mass is 35.5. The van der Waals surface area contributed by atoms with Crippen LogP contribution in [0.5, 0.6) is 0 Å². The van der Waals surface area contributed by atoms with Crippen molar-refractivity contribution in [3.8, 4) is 17.1 Å². The molecule has 1 aliphatic carbocycles. The molecule has 0 saturated heterocycles. The van der Waals surface area contributed by atoms with Gasteiger partial charge in [0.05, 0.1) is 21.7 Å². The Bertz CT molecular complexity index is 1050. The Kier molecular flexibility index (Phi) is 4.79. The third-order valence-electron chi connectivity index (χ3n) is 5.02. The van der Waals surface area contributed by atoms with Crippen molar-refractivity contribution in [3.05, 3.63) is 63.5 Å². The first-order valence-electron chi connectivity index (χ1n) is 8.59. The second-order valence-corrected chi connectivity index (χ2v) is 7.56. The van der Waals surface area contributed by atoms with E-state index in [2.05, 4.69) is 0 Å². The number of benzene rings is 1. The zero-order chi connectivity index (χ0) is 20.1. The maximum atomic E-state index is 13.3. The van der Waals surface area contributed by atoms with Crippen LogP contribution < -0.4 is 0 Å². The number of aromatic nitrogens is 1. The normalized spacial score (nSPS) is 16.8. The third-order valence-corrected chi connectivity index (χ3v) is 5.76. The third kappa shape index (κ3) is 3.35. The van der Waals surface area contributed by atoms with Crippen LogP contribution in [0.15, 0.2) is 40.8 Å². The molecule has 1 aliphatic rings. The molecule has 2 aromatic heterocycles. The number of nitrogens with zero attached hydrogens (tertiary/aromatic N) is 1. The zero-order valence-corrected chi connectivity index (χ0v) is 15.9. The average molecular weight is 428 g/mol. The quantitative estimate of drug-likeness (QED) is 0.445. The standard InChI is InChI=1S/C20H14Cl2F3NO2/c21-15-5-2-11(7-16(15)22)17-8-12-1-3-13(20(23,24)25)9-18(12)26(17)19-6-4-14(10-27)28-19/h2,4-8,10,13H,1,3,9H2. The largest absolute Gasteiger partial charge is 0.437 e. The minimum absolute atomic E-state index is 0.0407. The van der Waals surface area contributed by atoms with E-state index >= 15 is 0 Å². The molecule has 8 heteroatoms. The number of alkyl halides is 3. The number of carbonyl (C=O) groups is 1. The monoisotopic (exact) mass is 427 g/mol. The summed E-state index contributed by atoms with van der Waals surface area (Å²) in [7, 11) is 0. The summed E-state index contributed by atoms with van der Waals surface area (Å²) in [6.07, 6.45) is -3.52. The van der Waals surface area contributed by atoms with Crippen LogP contribution in [-0.4, -0.2) is 17.0 Å². The summed E-state index contributed by atoms with van der Waals surface area (Å²) in [5, 5.41) is 0.720. The van der Waals surface area contributed by atoms with Crippen LogP contribution in [0.1, 0.15) is 28.2 Å². The predicted molar refractivity (Wildman–Crippen MR) is 100 cm³/mol. The van der Waals surface area contributed by atoms with Gasteiger partial charge >= 0.3 is 6.18 Å². The molecule has 2 heterocycles. The fraction of sp³-hybridized carbons (Fsp3) is 0.250. The molecule has 1 unspecified atom stereocenters. The lowest BCUT2D eigenvalue weighted by Gasteiger charge is -2.26. The summed E-state index contributed by atoms with van der Waals surface area (Å²) in [4.78, 5) is 11.0. The molecule has 0 radical (unpaired) electrons. The van der Waals surface area contributed by atoms with Gasteiger partial charge in [-0.05, 0) is 49.1 Å². The maximum Gasteiger partial charge on any atom is 0.392 e. The van der Waals surface area contributed by atoms with Crippen molar-refractivity contribution >= 4 is 29.5 Å². The smallest absolute Gasteiger partial charge is 0.392 e. The van der Waals surface area contributed by atoms with Gasteiger partial charge in [-0.25, -0.2) is 0 Å². The number of carbonyl (C=O) groups excluding carboxylic acids is 1. The molecule has 0 saturated carbocycles. The van der Waals surface area contributed by atoms with E-state index in [0.717, 1.165) is 5.56 Å². The van der Waals surface area contributed by atoms with Crippen LogP contribution in [0.4, 0.5) is 13.2 Å². The molecule has 1 atom stereocenters. The molecule has 0 bridgehead atoms. The molecular formula is C20H14Cl2F3NO2. The van der Waals surface area contributed by atoms with E-state index in [4.69, 9.17) is 27.6 Å². The second-order valence-electron chi connectivity index (χ2n) is 6.74. The topological polar surface area (TPSA) is 35.1 Å². The van der Waals surface area contributed by atoms with Gasteiger partial charge in [-0.3, -0.25) is 9.36 Å². The van der Waals surface area contributed by atoms with Crippen molar-refractivity contribution < 1.29 is 22.4 Å².